The lowest BCUT2D eigenvalue weighted by atomic mass is 10.0. The molecule has 0 saturated carbocycles. The minimum Gasteiger partial charge on any atom is -0.370 e. The van der Waals surface area contributed by atoms with E-state index in [1.54, 1.807) is 0 Å². The van der Waals surface area contributed by atoms with Crippen LogP contribution in [-0.2, 0) is 28.8 Å². The molecule has 0 saturated heterocycles. The number of rotatable bonds is 17. The van der Waals surface area contributed by atoms with Crippen LogP contribution < -0.4 is 66.3 Å². The summed E-state index contributed by atoms with van der Waals surface area (Å²) in [7, 11) is 1.05. The molecule has 5 atom stereocenters. The third-order valence-corrected chi connectivity index (χ3v) is 12.7. The standard InChI is InChI=1S/C41H55F8N15O6S2/c1-15(2)20(65)13-60-33(66)19-14-71-31-27(46)23(42)21(24(43)28(31)47)22-25(44)29(48)32(30(49)26(22)45)72-38(56-3)37(70)63-18(9-6-12-59-41(54)55)35(68)61-16(7-4-10-57-39(50)51)34(67)62-17(36(69)64-19)8-5-11-58-40(52)53/h15-19,38,56H,4-14H2,1-3H3,(H,60,66)(H,61,68)(H,62,67)(H,63,70)(H,64,69)(H4,50,51,57)(H4,52,53,58)(H4,54,55,59). The lowest BCUT2D eigenvalue weighted by Crippen LogP contribution is -2.59. The summed E-state index contributed by atoms with van der Waals surface area (Å²) in [4.78, 5) is 90.6. The first-order valence-electron chi connectivity index (χ1n) is 21.7. The molecule has 5 unspecified atom stereocenters. The normalized spacial score (nSPS) is 19.1. The molecule has 18 N–H and O–H groups in total. The molecule has 2 aromatic carbocycles. The van der Waals surface area contributed by atoms with Gasteiger partial charge in [-0.2, -0.15) is 0 Å². The molecule has 0 fully saturated rings. The maximum absolute atomic E-state index is 15.8. The summed E-state index contributed by atoms with van der Waals surface area (Å²) < 4.78 is 126. The van der Waals surface area contributed by atoms with E-state index in [1.165, 1.54) is 13.8 Å². The van der Waals surface area contributed by atoms with Crippen molar-refractivity contribution in [3.8, 4) is 11.1 Å². The van der Waals surface area contributed by atoms with Crippen LogP contribution in [0.5, 0.6) is 0 Å². The number of hydrogen-bond donors (Lipinski definition) is 12. The number of nitrogens with zero attached hydrogens (tertiary/aromatic N) is 3. The van der Waals surface area contributed by atoms with Gasteiger partial charge in [0, 0.05) is 31.3 Å². The Morgan fingerprint density at radius 3 is 1.31 bits per heavy atom. The van der Waals surface area contributed by atoms with Gasteiger partial charge in [-0.25, -0.2) is 35.1 Å². The zero-order valence-electron chi connectivity index (χ0n) is 38.8. The maximum atomic E-state index is 15.8. The van der Waals surface area contributed by atoms with Gasteiger partial charge < -0.3 is 66.3 Å². The van der Waals surface area contributed by atoms with Crippen molar-refractivity contribution in [1.82, 2.24) is 31.9 Å². The van der Waals surface area contributed by atoms with Gasteiger partial charge in [0.2, 0.25) is 29.5 Å². The number of Topliss-reactive ketones (excluding diaryl/α,β-unsaturated/α-hetero) is 1. The fourth-order valence-corrected chi connectivity index (χ4v) is 8.40. The summed E-state index contributed by atoms with van der Waals surface area (Å²) in [6.45, 7) is 1.96. The fraction of sp³-hybridized carbons (Fsp3) is 0.488. The van der Waals surface area contributed by atoms with Gasteiger partial charge in [-0.3, -0.25) is 43.7 Å². The topological polar surface area (TPSA) is 368 Å². The SMILES string of the molecule is CNC1Sc2c(F)c(F)c(c(F)c2F)-c2c(F)c(F)c(c(F)c2F)SCC(C(=O)NCC(=O)C(C)C)NC(=O)C(CCCN=C(N)N)NC(=O)C(CCCN=C(N)N)NC(=O)C(CCCN=C(N)N)NC1=O. The van der Waals surface area contributed by atoms with Gasteiger partial charge in [-0.15, -0.1) is 11.8 Å². The van der Waals surface area contributed by atoms with Crippen molar-refractivity contribution in [1.29, 1.82) is 0 Å². The van der Waals surface area contributed by atoms with E-state index in [4.69, 9.17) is 34.4 Å². The van der Waals surface area contributed by atoms with Crippen LogP contribution in [0.4, 0.5) is 35.1 Å². The number of aliphatic imine (C=N–C) groups is 3. The highest BCUT2D eigenvalue weighted by molar-refractivity contribution is 8.00. The Hall–Kier alpha value is -6.63. The first-order valence-corrected chi connectivity index (χ1v) is 23.6. The second-order valence-corrected chi connectivity index (χ2v) is 18.1. The van der Waals surface area contributed by atoms with Crippen molar-refractivity contribution in [3.05, 3.63) is 46.5 Å². The molecule has 398 valence electrons. The van der Waals surface area contributed by atoms with Gasteiger partial charge >= 0.3 is 0 Å². The number of halogens is 8. The molecule has 0 aliphatic carbocycles. The molecule has 5 rings (SSSR count). The number of fused-ring (bicyclic) bond motifs is 2. The van der Waals surface area contributed by atoms with E-state index in [-0.39, 0.29) is 99.6 Å². The largest absolute Gasteiger partial charge is 0.370 e. The van der Waals surface area contributed by atoms with E-state index in [0.717, 1.165) is 7.05 Å². The molecule has 3 heterocycles. The van der Waals surface area contributed by atoms with E-state index < -0.39 is 151 Å². The molecule has 31 heteroatoms. The van der Waals surface area contributed by atoms with Gasteiger partial charge in [0.1, 0.15) is 29.5 Å². The van der Waals surface area contributed by atoms with Crippen molar-refractivity contribution in [2.75, 3.05) is 39.0 Å². The number of ketones is 1. The number of likely N-dealkylation sites (N-methyl/N-ethyl adjacent to an activating group) is 1. The average Bonchev–Trinajstić information content (AvgIpc) is 3.31. The summed E-state index contributed by atoms with van der Waals surface area (Å²) in [5, 5.41) is 12.1. The van der Waals surface area contributed by atoms with Crippen molar-refractivity contribution < 1.29 is 63.9 Å². The van der Waals surface area contributed by atoms with Crippen molar-refractivity contribution in [3.63, 3.8) is 0 Å². The zero-order chi connectivity index (χ0) is 54.1. The molecule has 3 aliphatic rings. The number of carbonyl (C=O) groups excluding carboxylic acids is 6. The first kappa shape index (κ1) is 59.7. The molecule has 5 amide bonds. The third-order valence-electron chi connectivity index (χ3n) is 10.3. The Bertz CT molecular complexity index is 2390. The number of carbonyl (C=O) groups is 6. The first-order chi connectivity index (χ1) is 33.8. The van der Waals surface area contributed by atoms with Gasteiger partial charge in [-0.05, 0) is 45.6 Å². The Labute approximate surface area is 415 Å². The molecular formula is C41H55F8N15O6S2. The van der Waals surface area contributed by atoms with E-state index >= 15 is 35.1 Å². The quantitative estimate of drug-likeness (QED) is 0.0317. The Morgan fingerprint density at radius 1 is 0.583 bits per heavy atom. The Balaban J connectivity index is 2.34. The fourth-order valence-electron chi connectivity index (χ4n) is 6.49. The lowest BCUT2D eigenvalue weighted by molar-refractivity contribution is -0.135. The Kier molecular flexibility index (Phi) is 23.1. The van der Waals surface area contributed by atoms with E-state index in [1.807, 2.05) is 0 Å². The number of thioether (sulfide) groups is 2. The number of nitrogens with two attached hydrogens (primary N) is 6. The van der Waals surface area contributed by atoms with Crippen LogP contribution in [0.3, 0.4) is 0 Å². The minimum absolute atomic E-state index is 0.0233. The van der Waals surface area contributed by atoms with Crippen molar-refractivity contribution in [2.24, 2.45) is 55.3 Å². The number of nitrogens with one attached hydrogen (secondary N) is 6. The third kappa shape index (κ3) is 16.5. The van der Waals surface area contributed by atoms with Crippen LogP contribution >= 0.6 is 23.5 Å². The highest BCUT2D eigenvalue weighted by Crippen LogP contribution is 2.42. The van der Waals surface area contributed by atoms with Crippen molar-refractivity contribution in [2.45, 2.75) is 91.7 Å². The minimum atomic E-state index is -2.55. The highest BCUT2D eigenvalue weighted by atomic mass is 32.2. The van der Waals surface area contributed by atoms with Crippen LogP contribution in [0.15, 0.2) is 24.8 Å². The molecular weight excluding hydrogens is 1010 g/mol. The summed E-state index contributed by atoms with van der Waals surface area (Å²) >= 11 is -0.384. The molecule has 4 bridgehead atoms. The number of guanidine groups is 3. The molecule has 3 aliphatic heterocycles. The molecule has 0 aromatic heterocycles. The number of hydrogen-bond acceptors (Lipinski definition) is 12. The predicted octanol–water partition coefficient (Wildman–Crippen LogP) is -0.349. The van der Waals surface area contributed by atoms with Crippen LogP contribution in [0.1, 0.15) is 52.4 Å². The molecule has 2 aromatic rings. The monoisotopic (exact) mass is 1070 g/mol. The van der Waals surface area contributed by atoms with E-state index in [0.29, 0.717) is 0 Å². The summed E-state index contributed by atoms with van der Waals surface area (Å²) in [6.07, 6.45) is -1.05. The van der Waals surface area contributed by atoms with Gasteiger partial charge in [0.25, 0.3) is 0 Å². The molecule has 0 spiro atoms. The smallest absolute Gasteiger partial charge is 0.248 e. The zero-order valence-corrected chi connectivity index (χ0v) is 40.5. The molecule has 72 heavy (non-hydrogen) atoms. The molecule has 21 nitrogen and oxygen atoms in total. The van der Waals surface area contributed by atoms with Crippen LogP contribution in [0.2, 0.25) is 0 Å². The summed E-state index contributed by atoms with van der Waals surface area (Å²) in [5.41, 5.74) is 28.1. The molecule has 0 radical (unpaired) electrons. The predicted molar refractivity (Wildman–Crippen MR) is 251 cm³/mol. The second kappa shape index (κ2) is 27.8. The van der Waals surface area contributed by atoms with Crippen LogP contribution in [0, 0.1) is 52.5 Å². The van der Waals surface area contributed by atoms with Crippen molar-refractivity contribution >= 4 is 76.7 Å². The highest BCUT2D eigenvalue weighted by Gasteiger charge is 2.38. The maximum Gasteiger partial charge on any atom is 0.248 e. The van der Waals surface area contributed by atoms with Crippen LogP contribution in [-0.4, -0.2) is 122 Å². The lowest BCUT2D eigenvalue weighted by Gasteiger charge is -2.27. The van der Waals surface area contributed by atoms with E-state index in [2.05, 4.69) is 46.9 Å². The number of benzene rings is 2. The van der Waals surface area contributed by atoms with E-state index in [9.17, 15) is 28.8 Å². The van der Waals surface area contributed by atoms with Gasteiger partial charge in [0.15, 0.2) is 70.2 Å². The number of amides is 5. The summed E-state index contributed by atoms with van der Waals surface area (Å²) in [6, 6.07) is -6.92. The van der Waals surface area contributed by atoms with Gasteiger partial charge in [0.05, 0.1) is 27.5 Å². The van der Waals surface area contributed by atoms with Crippen LogP contribution in [0.25, 0.3) is 11.1 Å². The second-order valence-electron chi connectivity index (χ2n) is 15.9. The Morgan fingerprint density at radius 2 is 0.944 bits per heavy atom. The average molecular weight is 1070 g/mol. The van der Waals surface area contributed by atoms with Gasteiger partial charge in [-0.1, -0.05) is 25.6 Å². The summed E-state index contributed by atoms with van der Waals surface area (Å²) in [5.74, 6) is -28.7.